The Morgan fingerprint density at radius 2 is 1.48 bits per heavy atom. The van der Waals surface area contributed by atoms with Gasteiger partial charge in [-0.3, -0.25) is 10.1 Å². The fourth-order valence-electron chi connectivity index (χ4n) is 2.55. The SMILES string of the molecule is Cc1csc(NC(=O)c2nc(Sc3ccc(F)cc3)ccc2Sc2ccc(F)cc2)n1. The number of pyridine rings is 1. The van der Waals surface area contributed by atoms with Crippen molar-refractivity contribution in [2.24, 2.45) is 0 Å². The topological polar surface area (TPSA) is 54.9 Å². The Hall–Kier alpha value is -2.75. The lowest BCUT2D eigenvalue weighted by Gasteiger charge is -2.10. The summed E-state index contributed by atoms with van der Waals surface area (Å²) < 4.78 is 26.4. The molecule has 2 aromatic carbocycles. The second kappa shape index (κ2) is 9.59. The number of rotatable bonds is 6. The summed E-state index contributed by atoms with van der Waals surface area (Å²) in [4.78, 5) is 24.0. The molecule has 4 rings (SSSR count). The Bertz CT molecular complexity index is 1210. The van der Waals surface area contributed by atoms with Crippen LogP contribution in [0.5, 0.6) is 0 Å². The maximum absolute atomic E-state index is 13.2. The van der Waals surface area contributed by atoms with Crippen molar-refractivity contribution < 1.29 is 13.6 Å². The summed E-state index contributed by atoms with van der Waals surface area (Å²) in [6.07, 6.45) is 0. The Morgan fingerprint density at radius 1 is 0.871 bits per heavy atom. The number of halogens is 2. The molecule has 1 N–H and O–H groups in total. The van der Waals surface area contributed by atoms with Gasteiger partial charge in [0.1, 0.15) is 22.4 Å². The highest BCUT2D eigenvalue weighted by molar-refractivity contribution is 7.99. The molecule has 0 bridgehead atoms. The summed E-state index contributed by atoms with van der Waals surface area (Å²) in [6, 6.07) is 15.7. The van der Waals surface area contributed by atoms with E-state index in [-0.39, 0.29) is 23.2 Å². The highest BCUT2D eigenvalue weighted by Crippen LogP contribution is 2.34. The summed E-state index contributed by atoms with van der Waals surface area (Å²) in [5, 5.41) is 5.71. The number of thiazole rings is 1. The molecule has 4 aromatic rings. The first-order valence-corrected chi connectivity index (χ1v) is 11.6. The van der Waals surface area contributed by atoms with Crippen molar-refractivity contribution in [2.45, 2.75) is 26.6 Å². The summed E-state index contributed by atoms with van der Waals surface area (Å²) in [6.45, 7) is 1.85. The van der Waals surface area contributed by atoms with Gasteiger partial charge in [-0.2, -0.15) is 0 Å². The van der Waals surface area contributed by atoms with Crippen LogP contribution >= 0.6 is 34.9 Å². The number of aromatic nitrogens is 2. The molecule has 4 nitrogen and oxygen atoms in total. The Labute approximate surface area is 190 Å². The standard InChI is InChI=1S/C22H15F2N3OS3/c1-13-12-29-22(25-13)27-21(28)20-18(30-16-6-2-14(23)3-7-16)10-11-19(26-20)31-17-8-4-15(24)5-9-17/h2-12H,1H3,(H,25,27,28). The van der Waals surface area contributed by atoms with Gasteiger partial charge in [0, 0.05) is 20.1 Å². The Morgan fingerprint density at radius 3 is 2.06 bits per heavy atom. The van der Waals surface area contributed by atoms with Crippen molar-refractivity contribution in [3.8, 4) is 0 Å². The summed E-state index contributed by atoms with van der Waals surface area (Å²) in [5.74, 6) is -1.03. The molecule has 0 aliphatic heterocycles. The lowest BCUT2D eigenvalue weighted by molar-refractivity contribution is 0.101. The summed E-state index contributed by atoms with van der Waals surface area (Å²) in [5.41, 5.74) is 1.05. The van der Waals surface area contributed by atoms with E-state index in [2.05, 4.69) is 15.3 Å². The van der Waals surface area contributed by atoms with Crippen molar-refractivity contribution >= 4 is 45.9 Å². The molecule has 0 aliphatic rings. The zero-order valence-corrected chi connectivity index (χ0v) is 18.6. The second-order valence-corrected chi connectivity index (χ2v) is 9.42. The Balaban J connectivity index is 1.64. The number of benzene rings is 2. The van der Waals surface area contributed by atoms with Crippen LogP contribution in [0.15, 0.2) is 85.8 Å². The van der Waals surface area contributed by atoms with Gasteiger partial charge in [0.05, 0.1) is 5.69 Å². The van der Waals surface area contributed by atoms with E-state index >= 15 is 0 Å². The number of aryl methyl sites for hydroxylation is 1. The molecule has 0 radical (unpaired) electrons. The third-order valence-corrected chi connectivity index (χ3v) is 6.84. The molecule has 0 spiro atoms. The number of anilines is 1. The van der Waals surface area contributed by atoms with Gasteiger partial charge in [-0.15, -0.1) is 11.3 Å². The molecule has 9 heteroatoms. The molecule has 0 atom stereocenters. The van der Waals surface area contributed by atoms with Crippen molar-refractivity contribution in [3.63, 3.8) is 0 Å². The van der Waals surface area contributed by atoms with E-state index in [0.717, 1.165) is 15.5 Å². The quantitative estimate of drug-likeness (QED) is 0.340. The van der Waals surface area contributed by atoms with Crippen LogP contribution < -0.4 is 5.32 Å². The van der Waals surface area contributed by atoms with Crippen LogP contribution in [0.1, 0.15) is 16.2 Å². The van der Waals surface area contributed by atoms with Crippen LogP contribution in [-0.2, 0) is 0 Å². The van der Waals surface area contributed by atoms with Crippen molar-refractivity contribution in [1.29, 1.82) is 0 Å². The van der Waals surface area contributed by atoms with Crippen LogP contribution in [0.4, 0.5) is 13.9 Å². The van der Waals surface area contributed by atoms with E-state index < -0.39 is 0 Å². The van der Waals surface area contributed by atoms with Crippen LogP contribution in [0.25, 0.3) is 0 Å². The third kappa shape index (κ3) is 5.69. The first-order valence-electron chi connectivity index (χ1n) is 9.07. The van der Waals surface area contributed by atoms with Crippen molar-refractivity contribution in [1.82, 2.24) is 9.97 Å². The van der Waals surface area contributed by atoms with Crippen molar-refractivity contribution in [2.75, 3.05) is 5.32 Å². The van der Waals surface area contributed by atoms with Gasteiger partial charge in [0.15, 0.2) is 5.13 Å². The van der Waals surface area contributed by atoms with Gasteiger partial charge in [-0.05, 0) is 67.6 Å². The smallest absolute Gasteiger partial charge is 0.277 e. The zero-order chi connectivity index (χ0) is 21.8. The number of hydrogen-bond donors (Lipinski definition) is 1. The molecule has 0 saturated heterocycles. The van der Waals surface area contributed by atoms with Crippen LogP contribution in [0.3, 0.4) is 0 Å². The van der Waals surface area contributed by atoms with Crippen LogP contribution in [0.2, 0.25) is 0 Å². The zero-order valence-electron chi connectivity index (χ0n) is 16.1. The van der Waals surface area contributed by atoms with E-state index in [1.165, 1.54) is 59.1 Å². The number of carbonyl (C=O) groups excluding carboxylic acids is 1. The molecular weight excluding hydrogens is 456 g/mol. The lowest BCUT2D eigenvalue weighted by Crippen LogP contribution is -2.15. The number of nitrogens with one attached hydrogen (secondary N) is 1. The van der Waals surface area contributed by atoms with Gasteiger partial charge in [-0.1, -0.05) is 23.5 Å². The van der Waals surface area contributed by atoms with E-state index in [9.17, 15) is 13.6 Å². The lowest BCUT2D eigenvalue weighted by atomic mass is 10.3. The first kappa shape index (κ1) is 21.5. The minimum Gasteiger partial charge on any atom is -0.296 e. The average Bonchev–Trinajstić information content (AvgIpc) is 3.17. The number of hydrogen-bond acceptors (Lipinski definition) is 6. The predicted molar refractivity (Wildman–Crippen MR) is 120 cm³/mol. The number of amides is 1. The van der Waals surface area contributed by atoms with Crippen LogP contribution in [0, 0.1) is 18.6 Å². The molecule has 2 aromatic heterocycles. The predicted octanol–water partition coefficient (Wildman–Crippen LogP) is 6.68. The third-order valence-electron chi connectivity index (χ3n) is 3.96. The van der Waals surface area contributed by atoms with Crippen molar-refractivity contribution in [3.05, 3.63) is 89.1 Å². The normalized spacial score (nSPS) is 10.8. The van der Waals surface area contributed by atoms with Gasteiger partial charge >= 0.3 is 0 Å². The summed E-state index contributed by atoms with van der Waals surface area (Å²) in [7, 11) is 0. The number of carbonyl (C=O) groups is 1. The molecule has 2 heterocycles. The minimum atomic E-state index is -0.388. The maximum atomic E-state index is 13.2. The highest BCUT2D eigenvalue weighted by Gasteiger charge is 2.18. The van der Waals surface area contributed by atoms with Gasteiger partial charge in [0.2, 0.25) is 0 Å². The molecule has 0 aliphatic carbocycles. The first-order chi connectivity index (χ1) is 15.0. The fraction of sp³-hybridized carbons (Fsp3) is 0.0455. The van der Waals surface area contributed by atoms with E-state index in [4.69, 9.17) is 0 Å². The molecule has 0 fully saturated rings. The molecular formula is C22H15F2N3OS3. The van der Waals surface area contributed by atoms with E-state index in [0.29, 0.717) is 15.1 Å². The van der Waals surface area contributed by atoms with E-state index in [1.807, 2.05) is 12.3 Å². The van der Waals surface area contributed by atoms with Gasteiger partial charge in [-0.25, -0.2) is 18.7 Å². The molecule has 31 heavy (non-hydrogen) atoms. The van der Waals surface area contributed by atoms with Crippen LogP contribution in [-0.4, -0.2) is 15.9 Å². The average molecular weight is 472 g/mol. The largest absolute Gasteiger partial charge is 0.296 e. The summed E-state index contributed by atoms with van der Waals surface area (Å²) >= 11 is 3.98. The fourth-order valence-corrected chi connectivity index (χ4v) is 4.92. The number of nitrogens with zero attached hydrogens (tertiary/aromatic N) is 2. The molecule has 0 saturated carbocycles. The van der Waals surface area contributed by atoms with Gasteiger partial charge < -0.3 is 0 Å². The monoisotopic (exact) mass is 471 g/mol. The van der Waals surface area contributed by atoms with Gasteiger partial charge in [0.25, 0.3) is 5.91 Å². The molecule has 1 amide bonds. The Kier molecular flexibility index (Phi) is 6.64. The second-order valence-electron chi connectivity index (χ2n) is 6.36. The van der Waals surface area contributed by atoms with E-state index in [1.54, 1.807) is 36.4 Å². The molecule has 156 valence electrons. The minimum absolute atomic E-state index is 0.231. The molecule has 0 unspecified atom stereocenters. The highest BCUT2D eigenvalue weighted by atomic mass is 32.2. The maximum Gasteiger partial charge on any atom is 0.277 e.